The average molecular weight is 528 g/mol. The summed E-state index contributed by atoms with van der Waals surface area (Å²) in [5.41, 5.74) is 1.09. The molecule has 1 heterocycles. The number of hydrogen-bond acceptors (Lipinski definition) is 6. The number of amides is 1. The molecule has 186 valence electrons. The number of hydrogen-bond donors (Lipinski definition) is 1. The van der Waals surface area contributed by atoms with Crippen LogP contribution in [0.2, 0.25) is 10.0 Å². The second-order valence-electron chi connectivity index (χ2n) is 7.84. The SMILES string of the molecule is CCOc1cc(C2/C(=C(/O)c3ccc(Cl)c(Cl)c3)C(=O)C(=O)N2c2cccc(OC)c2)ccc1OC. The monoisotopic (exact) mass is 527 g/mol. The molecule has 1 saturated heterocycles. The number of ether oxygens (including phenoxy) is 3. The minimum absolute atomic E-state index is 0.103. The van der Waals surface area contributed by atoms with E-state index in [-0.39, 0.29) is 26.9 Å². The molecule has 3 aromatic rings. The second-order valence-corrected chi connectivity index (χ2v) is 8.66. The first-order chi connectivity index (χ1) is 17.3. The van der Waals surface area contributed by atoms with Crippen molar-refractivity contribution in [2.75, 3.05) is 25.7 Å². The van der Waals surface area contributed by atoms with Crippen LogP contribution in [-0.4, -0.2) is 37.6 Å². The van der Waals surface area contributed by atoms with E-state index in [1.807, 2.05) is 6.92 Å². The van der Waals surface area contributed by atoms with E-state index in [0.717, 1.165) is 0 Å². The highest BCUT2D eigenvalue weighted by Crippen LogP contribution is 2.45. The third-order valence-corrected chi connectivity index (χ3v) is 6.51. The molecule has 1 N–H and O–H groups in total. The van der Waals surface area contributed by atoms with Gasteiger partial charge in [0.25, 0.3) is 11.7 Å². The molecule has 1 unspecified atom stereocenters. The zero-order chi connectivity index (χ0) is 26.0. The molecule has 0 saturated carbocycles. The molecule has 0 bridgehead atoms. The summed E-state index contributed by atoms with van der Waals surface area (Å²) < 4.78 is 16.4. The Morgan fingerprint density at radius 3 is 2.39 bits per heavy atom. The fraction of sp³-hybridized carbons (Fsp3) is 0.185. The first-order valence-corrected chi connectivity index (χ1v) is 11.8. The van der Waals surface area contributed by atoms with Crippen molar-refractivity contribution in [3.8, 4) is 17.2 Å². The number of carbonyl (C=O) groups excluding carboxylic acids is 2. The van der Waals surface area contributed by atoms with Crippen LogP contribution in [0.5, 0.6) is 17.2 Å². The van der Waals surface area contributed by atoms with Gasteiger partial charge in [0.05, 0.1) is 42.5 Å². The number of benzene rings is 3. The molecule has 3 aromatic carbocycles. The van der Waals surface area contributed by atoms with Gasteiger partial charge in [-0.3, -0.25) is 14.5 Å². The van der Waals surface area contributed by atoms with Crippen molar-refractivity contribution in [2.45, 2.75) is 13.0 Å². The molecule has 0 radical (unpaired) electrons. The number of aliphatic hydroxyl groups excluding tert-OH is 1. The van der Waals surface area contributed by atoms with Crippen LogP contribution < -0.4 is 19.1 Å². The van der Waals surface area contributed by atoms with Gasteiger partial charge in [-0.2, -0.15) is 0 Å². The van der Waals surface area contributed by atoms with Gasteiger partial charge in [-0.05, 0) is 55.0 Å². The normalized spacial score (nSPS) is 16.8. The molecule has 1 aliphatic rings. The number of ketones is 1. The molecule has 0 spiro atoms. The van der Waals surface area contributed by atoms with Crippen LogP contribution in [0.4, 0.5) is 5.69 Å². The van der Waals surface area contributed by atoms with E-state index in [9.17, 15) is 14.7 Å². The maximum absolute atomic E-state index is 13.4. The highest BCUT2D eigenvalue weighted by molar-refractivity contribution is 6.51. The Bertz CT molecular complexity index is 1370. The number of halogens is 2. The lowest BCUT2D eigenvalue weighted by Crippen LogP contribution is -2.29. The summed E-state index contributed by atoms with van der Waals surface area (Å²) in [6.45, 7) is 2.21. The van der Waals surface area contributed by atoms with Gasteiger partial charge < -0.3 is 19.3 Å². The number of carbonyl (C=O) groups is 2. The molecule has 1 atom stereocenters. The van der Waals surface area contributed by atoms with Crippen molar-refractivity contribution in [2.24, 2.45) is 0 Å². The Kier molecular flexibility index (Phi) is 7.43. The molecule has 0 aromatic heterocycles. The maximum Gasteiger partial charge on any atom is 0.300 e. The predicted molar refractivity (Wildman–Crippen MR) is 138 cm³/mol. The smallest absolute Gasteiger partial charge is 0.300 e. The van der Waals surface area contributed by atoms with Crippen molar-refractivity contribution in [1.82, 2.24) is 0 Å². The summed E-state index contributed by atoms with van der Waals surface area (Å²) in [6.07, 6.45) is 0. The predicted octanol–water partition coefficient (Wildman–Crippen LogP) is 6.04. The minimum atomic E-state index is -0.975. The van der Waals surface area contributed by atoms with Crippen LogP contribution in [0, 0.1) is 0 Å². The number of nitrogens with zero attached hydrogens (tertiary/aromatic N) is 1. The van der Waals surface area contributed by atoms with Gasteiger partial charge in [0.1, 0.15) is 11.5 Å². The highest BCUT2D eigenvalue weighted by Gasteiger charge is 2.47. The minimum Gasteiger partial charge on any atom is -0.507 e. The van der Waals surface area contributed by atoms with Crippen molar-refractivity contribution in [3.05, 3.63) is 87.4 Å². The van der Waals surface area contributed by atoms with Gasteiger partial charge in [0, 0.05) is 17.3 Å². The molecule has 7 nitrogen and oxygen atoms in total. The van der Waals surface area contributed by atoms with Crippen molar-refractivity contribution in [3.63, 3.8) is 0 Å². The highest BCUT2D eigenvalue weighted by atomic mass is 35.5. The summed E-state index contributed by atoms with van der Waals surface area (Å²) in [6, 6.07) is 15.4. The van der Waals surface area contributed by atoms with Crippen LogP contribution in [0.1, 0.15) is 24.1 Å². The lowest BCUT2D eigenvalue weighted by Gasteiger charge is -2.26. The van der Waals surface area contributed by atoms with Crippen molar-refractivity contribution in [1.29, 1.82) is 0 Å². The summed E-state index contributed by atoms with van der Waals surface area (Å²) in [5.74, 6) is -0.603. The molecule has 1 amide bonds. The van der Waals surface area contributed by atoms with Gasteiger partial charge in [0.15, 0.2) is 11.5 Å². The Morgan fingerprint density at radius 2 is 1.72 bits per heavy atom. The second kappa shape index (κ2) is 10.5. The van der Waals surface area contributed by atoms with E-state index in [0.29, 0.717) is 35.1 Å². The first-order valence-electron chi connectivity index (χ1n) is 11.0. The van der Waals surface area contributed by atoms with Gasteiger partial charge in [0.2, 0.25) is 0 Å². The van der Waals surface area contributed by atoms with E-state index in [1.165, 1.54) is 37.3 Å². The summed E-state index contributed by atoms with van der Waals surface area (Å²) >= 11 is 12.2. The summed E-state index contributed by atoms with van der Waals surface area (Å²) in [7, 11) is 3.02. The van der Waals surface area contributed by atoms with Crippen LogP contribution in [0.3, 0.4) is 0 Å². The largest absolute Gasteiger partial charge is 0.507 e. The molecular formula is C27H23Cl2NO6. The van der Waals surface area contributed by atoms with Crippen LogP contribution >= 0.6 is 23.2 Å². The molecule has 36 heavy (non-hydrogen) atoms. The number of rotatable bonds is 7. The van der Waals surface area contributed by atoms with Gasteiger partial charge >= 0.3 is 0 Å². The van der Waals surface area contributed by atoms with E-state index in [2.05, 4.69) is 0 Å². The third-order valence-electron chi connectivity index (χ3n) is 5.77. The van der Waals surface area contributed by atoms with Crippen molar-refractivity contribution < 1.29 is 28.9 Å². The number of Topliss-reactive ketones (excluding diaryl/α,β-unsaturated/α-hetero) is 1. The number of methoxy groups -OCH3 is 2. The number of anilines is 1. The van der Waals surface area contributed by atoms with Gasteiger partial charge in [-0.1, -0.05) is 35.3 Å². The van der Waals surface area contributed by atoms with Crippen LogP contribution in [-0.2, 0) is 9.59 Å². The summed E-state index contributed by atoms with van der Waals surface area (Å²) in [4.78, 5) is 28.1. The quantitative estimate of drug-likeness (QED) is 0.229. The fourth-order valence-corrected chi connectivity index (χ4v) is 4.40. The Morgan fingerprint density at radius 1 is 0.944 bits per heavy atom. The topological polar surface area (TPSA) is 85.3 Å². The molecule has 1 fully saturated rings. The molecule has 4 rings (SSSR count). The lowest BCUT2D eigenvalue weighted by molar-refractivity contribution is -0.132. The number of aliphatic hydroxyl groups is 1. The van der Waals surface area contributed by atoms with E-state index in [4.69, 9.17) is 37.4 Å². The lowest BCUT2D eigenvalue weighted by atomic mass is 9.94. The maximum atomic E-state index is 13.4. The standard InChI is InChI=1S/C27H23Cl2NO6/c1-4-36-22-13-15(9-11-21(22)35-3)24-23(25(31)16-8-10-19(28)20(29)12-16)26(32)27(33)30(24)17-6-5-7-18(14-17)34-2/h5-14,24,31H,4H2,1-3H3/b25-23-. The van der Waals surface area contributed by atoms with E-state index >= 15 is 0 Å². The molecule has 1 aliphatic heterocycles. The van der Waals surface area contributed by atoms with Gasteiger partial charge in [-0.25, -0.2) is 0 Å². The Labute approximate surface area is 218 Å². The first kappa shape index (κ1) is 25.4. The van der Waals surface area contributed by atoms with E-state index < -0.39 is 17.7 Å². The third kappa shape index (κ3) is 4.59. The zero-order valence-electron chi connectivity index (χ0n) is 19.7. The Balaban J connectivity index is 1.98. The molecule has 9 heteroatoms. The average Bonchev–Trinajstić information content (AvgIpc) is 3.15. The molecular weight excluding hydrogens is 505 g/mol. The van der Waals surface area contributed by atoms with Crippen LogP contribution in [0.25, 0.3) is 5.76 Å². The van der Waals surface area contributed by atoms with Crippen LogP contribution in [0.15, 0.2) is 66.2 Å². The van der Waals surface area contributed by atoms with E-state index in [1.54, 1.807) is 42.5 Å². The van der Waals surface area contributed by atoms with Gasteiger partial charge in [-0.15, -0.1) is 0 Å². The Hall–Kier alpha value is -3.68. The zero-order valence-corrected chi connectivity index (χ0v) is 21.3. The van der Waals surface area contributed by atoms with Crippen molar-refractivity contribution >= 4 is 46.3 Å². The molecule has 0 aliphatic carbocycles. The summed E-state index contributed by atoms with van der Waals surface area (Å²) in [5, 5.41) is 11.8. The fourth-order valence-electron chi connectivity index (χ4n) is 4.11.